The van der Waals surface area contributed by atoms with E-state index in [0.29, 0.717) is 0 Å². The van der Waals surface area contributed by atoms with Crippen LogP contribution in [0.3, 0.4) is 0 Å². The number of carbonyl (C=O) groups excluding carboxylic acids is 1. The van der Waals surface area contributed by atoms with Crippen molar-refractivity contribution in [1.82, 2.24) is 15.0 Å². The van der Waals surface area contributed by atoms with Gasteiger partial charge in [-0.2, -0.15) is 0 Å². The number of nitrogens with one attached hydrogen (secondary N) is 1. The fourth-order valence-electron chi connectivity index (χ4n) is 2.87. The average molecular weight is 439 g/mol. The molecule has 1 N–H and O–H groups in total. The first kappa shape index (κ1) is 22.2. The van der Waals surface area contributed by atoms with Crippen molar-refractivity contribution in [1.29, 1.82) is 0 Å². The van der Waals surface area contributed by atoms with Gasteiger partial charge in [0.15, 0.2) is 0 Å². The number of hydrogen-bond donors (Lipinski definition) is 1. The van der Waals surface area contributed by atoms with E-state index in [-0.39, 0.29) is 5.82 Å². The second-order valence-electron chi connectivity index (χ2n) is 6.59. The molecule has 31 heavy (non-hydrogen) atoms. The Morgan fingerprint density at radius 2 is 2.03 bits per heavy atom. The van der Waals surface area contributed by atoms with Crippen LogP contribution < -0.4 is 5.32 Å². The quantitative estimate of drug-likeness (QED) is 0.371. The van der Waals surface area contributed by atoms with Crippen LogP contribution in [-0.2, 0) is 17.6 Å². The van der Waals surface area contributed by atoms with Crippen molar-refractivity contribution in [3.63, 3.8) is 0 Å². The highest BCUT2D eigenvalue weighted by molar-refractivity contribution is 7.12. The minimum absolute atomic E-state index is 0.147. The molecule has 3 aromatic heterocycles. The van der Waals surface area contributed by atoms with E-state index in [1.165, 1.54) is 0 Å². The molecule has 0 aliphatic rings. The van der Waals surface area contributed by atoms with E-state index in [0.717, 1.165) is 45.6 Å². The SMILES string of the molecule is C=CC(F)=C(C(=C)F)C(=O)Nc1ccc(-c2nc(CCc3cccnc3)sc2C)cn1. The fourth-order valence-corrected chi connectivity index (χ4v) is 3.83. The molecule has 158 valence electrons. The fraction of sp³-hybridized carbons (Fsp3) is 0.130. The van der Waals surface area contributed by atoms with Crippen LogP contribution in [0.1, 0.15) is 15.4 Å². The molecular formula is C23H20F2N4OS. The molecule has 0 spiro atoms. The number of pyridine rings is 2. The van der Waals surface area contributed by atoms with E-state index in [1.807, 2.05) is 25.3 Å². The van der Waals surface area contributed by atoms with Crippen molar-refractivity contribution in [2.75, 3.05) is 5.32 Å². The van der Waals surface area contributed by atoms with Crippen molar-refractivity contribution in [3.8, 4) is 11.3 Å². The molecule has 3 rings (SSSR count). The van der Waals surface area contributed by atoms with Crippen molar-refractivity contribution >= 4 is 23.1 Å². The van der Waals surface area contributed by atoms with Crippen molar-refractivity contribution in [3.05, 3.63) is 94.8 Å². The molecule has 3 heterocycles. The van der Waals surface area contributed by atoms with Crippen LogP contribution in [0.4, 0.5) is 14.6 Å². The van der Waals surface area contributed by atoms with E-state index in [4.69, 9.17) is 4.98 Å². The highest BCUT2D eigenvalue weighted by atomic mass is 32.1. The predicted molar refractivity (Wildman–Crippen MR) is 119 cm³/mol. The summed E-state index contributed by atoms with van der Waals surface area (Å²) in [6.45, 7) is 8.16. The second-order valence-corrected chi connectivity index (χ2v) is 7.88. The Balaban J connectivity index is 1.71. The third-order valence-corrected chi connectivity index (χ3v) is 5.42. The highest BCUT2D eigenvalue weighted by Gasteiger charge is 2.19. The van der Waals surface area contributed by atoms with Crippen LogP contribution in [-0.4, -0.2) is 20.9 Å². The maximum atomic E-state index is 13.7. The number of nitrogens with zero attached hydrogens (tertiary/aromatic N) is 3. The van der Waals surface area contributed by atoms with Crippen LogP contribution in [0.15, 0.2) is 79.3 Å². The van der Waals surface area contributed by atoms with Crippen LogP contribution in [0, 0.1) is 6.92 Å². The Bertz CT molecular complexity index is 1140. The van der Waals surface area contributed by atoms with Gasteiger partial charge in [-0.25, -0.2) is 18.7 Å². The van der Waals surface area contributed by atoms with Crippen LogP contribution in [0.2, 0.25) is 0 Å². The number of allylic oxidation sites excluding steroid dienone is 2. The maximum absolute atomic E-state index is 13.7. The minimum Gasteiger partial charge on any atom is -0.306 e. The summed E-state index contributed by atoms with van der Waals surface area (Å²) in [5, 5.41) is 3.36. The lowest BCUT2D eigenvalue weighted by Gasteiger charge is -2.07. The van der Waals surface area contributed by atoms with E-state index in [2.05, 4.69) is 28.4 Å². The van der Waals surface area contributed by atoms with Gasteiger partial charge in [-0.3, -0.25) is 9.78 Å². The molecule has 8 heteroatoms. The van der Waals surface area contributed by atoms with Gasteiger partial charge in [0.2, 0.25) is 0 Å². The summed E-state index contributed by atoms with van der Waals surface area (Å²) in [6.07, 6.45) is 7.54. The highest BCUT2D eigenvalue weighted by Crippen LogP contribution is 2.28. The molecule has 0 aliphatic heterocycles. The summed E-state index contributed by atoms with van der Waals surface area (Å²) < 4.78 is 27.1. The summed E-state index contributed by atoms with van der Waals surface area (Å²) in [4.78, 5) is 26.2. The van der Waals surface area contributed by atoms with Gasteiger partial charge in [0.25, 0.3) is 5.91 Å². The molecule has 0 radical (unpaired) electrons. The molecule has 0 fully saturated rings. The van der Waals surface area contributed by atoms with Gasteiger partial charge in [-0.1, -0.05) is 19.2 Å². The number of thiazole rings is 1. The lowest BCUT2D eigenvalue weighted by molar-refractivity contribution is -0.112. The lowest BCUT2D eigenvalue weighted by atomic mass is 10.1. The monoisotopic (exact) mass is 438 g/mol. The Kier molecular flexibility index (Phi) is 7.15. The molecule has 1 amide bonds. The van der Waals surface area contributed by atoms with Gasteiger partial charge in [-0.15, -0.1) is 11.3 Å². The number of hydrogen-bond acceptors (Lipinski definition) is 5. The molecule has 3 aromatic rings. The van der Waals surface area contributed by atoms with Gasteiger partial charge < -0.3 is 5.32 Å². The smallest absolute Gasteiger partial charge is 0.262 e. The predicted octanol–water partition coefficient (Wildman–Crippen LogP) is 5.53. The van der Waals surface area contributed by atoms with E-state index < -0.39 is 23.1 Å². The van der Waals surface area contributed by atoms with E-state index >= 15 is 0 Å². The number of aryl methyl sites for hydroxylation is 3. The Hall–Kier alpha value is -3.52. The van der Waals surface area contributed by atoms with Gasteiger partial charge in [0, 0.05) is 35.5 Å². The van der Waals surface area contributed by atoms with Gasteiger partial charge in [0.05, 0.1) is 10.7 Å². The molecular weight excluding hydrogens is 418 g/mol. The zero-order chi connectivity index (χ0) is 22.4. The molecule has 0 aliphatic carbocycles. The van der Waals surface area contributed by atoms with Crippen molar-refractivity contribution in [2.24, 2.45) is 0 Å². The largest absolute Gasteiger partial charge is 0.306 e. The summed E-state index contributed by atoms with van der Waals surface area (Å²) in [5.41, 5.74) is 1.93. The number of halogens is 2. The first-order valence-corrected chi connectivity index (χ1v) is 10.2. The summed E-state index contributed by atoms with van der Waals surface area (Å²) in [6, 6.07) is 7.23. The van der Waals surface area contributed by atoms with Gasteiger partial charge >= 0.3 is 0 Å². The average Bonchev–Trinajstić information content (AvgIpc) is 3.13. The summed E-state index contributed by atoms with van der Waals surface area (Å²) in [7, 11) is 0. The standard InChI is InChI=1S/C23H20F2N4OS/c1-4-18(25)21(14(2)24)23(30)28-19-9-8-17(13-27-19)22-15(3)31-20(29-22)10-7-16-6-5-11-26-12-16/h4-6,8-9,11-13H,1-2,7,10H2,3H3,(H,27,28,30). The normalized spacial score (nSPS) is 11.6. The molecule has 0 atom stereocenters. The van der Waals surface area contributed by atoms with Crippen LogP contribution in [0.25, 0.3) is 11.3 Å². The summed E-state index contributed by atoms with van der Waals surface area (Å²) >= 11 is 1.62. The van der Waals surface area contributed by atoms with Gasteiger partial charge in [0.1, 0.15) is 23.0 Å². The van der Waals surface area contributed by atoms with Crippen LogP contribution >= 0.6 is 11.3 Å². The number of anilines is 1. The molecule has 0 bridgehead atoms. The van der Waals surface area contributed by atoms with Crippen molar-refractivity contribution < 1.29 is 13.6 Å². The number of rotatable bonds is 8. The number of carbonyl (C=O) groups is 1. The minimum atomic E-state index is -1.19. The maximum Gasteiger partial charge on any atom is 0.262 e. The molecule has 5 nitrogen and oxygen atoms in total. The van der Waals surface area contributed by atoms with Crippen LogP contribution in [0.5, 0.6) is 0 Å². The van der Waals surface area contributed by atoms with Gasteiger partial charge in [-0.05, 0) is 43.2 Å². The third-order valence-electron chi connectivity index (χ3n) is 4.39. The number of amides is 1. The third kappa shape index (κ3) is 5.55. The summed E-state index contributed by atoms with van der Waals surface area (Å²) in [5.74, 6) is -3.14. The molecule has 0 unspecified atom stereocenters. The van der Waals surface area contributed by atoms with Crippen molar-refractivity contribution in [2.45, 2.75) is 19.8 Å². The first-order chi connectivity index (χ1) is 14.9. The first-order valence-electron chi connectivity index (χ1n) is 9.39. The Morgan fingerprint density at radius 1 is 1.23 bits per heavy atom. The molecule has 0 saturated carbocycles. The second kappa shape index (κ2) is 9.99. The Morgan fingerprint density at radius 3 is 2.65 bits per heavy atom. The zero-order valence-corrected chi connectivity index (χ0v) is 17.7. The van der Waals surface area contributed by atoms with E-state index in [1.54, 1.807) is 35.9 Å². The van der Waals surface area contributed by atoms with E-state index in [9.17, 15) is 13.6 Å². The number of aromatic nitrogens is 3. The lowest BCUT2D eigenvalue weighted by Crippen LogP contribution is -2.16. The Labute approximate surface area is 182 Å². The zero-order valence-electron chi connectivity index (χ0n) is 16.9. The topological polar surface area (TPSA) is 67.8 Å². The molecule has 0 saturated heterocycles. The molecule has 0 aromatic carbocycles.